The Morgan fingerprint density at radius 2 is 2.14 bits per heavy atom. The van der Waals surface area contributed by atoms with Gasteiger partial charge < -0.3 is 5.32 Å². The van der Waals surface area contributed by atoms with Crippen molar-refractivity contribution in [3.8, 4) is 12.3 Å². The second-order valence-electron chi connectivity index (χ2n) is 2.99. The molecule has 0 saturated carbocycles. The Labute approximate surface area is 82.1 Å². The first-order chi connectivity index (χ1) is 6.63. The molecule has 1 nitrogen and oxygen atoms in total. The topological polar surface area (TPSA) is 12.0 Å². The molecule has 1 aromatic carbocycles. The van der Waals surface area contributed by atoms with Gasteiger partial charge >= 0.3 is 0 Å². The standard InChI is InChI=1S/C11H11F2N/c1-3-9-5-4-6-10(7-9)14-8(2)11(12)13/h1,4-8,11,14H,2H3. The second kappa shape index (κ2) is 4.61. The summed E-state index contributed by atoms with van der Waals surface area (Å²) in [4.78, 5) is 0. The van der Waals surface area contributed by atoms with Gasteiger partial charge in [-0.1, -0.05) is 12.0 Å². The van der Waals surface area contributed by atoms with Gasteiger partial charge in [-0.25, -0.2) is 8.78 Å². The predicted octanol–water partition coefficient (Wildman–Crippen LogP) is 2.73. The van der Waals surface area contributed by atoms with Crippen LogP contribution < -0.4 is 5.32 Å². The Morgan fingerprint density at radius 1 is 1.43 bits per heavy atom. The Kier molecular flexibility index (Phi) is 3.47. The van der Waals surface area contributed by atoms with Crippen LogP contribution >= 0.6 is 0 Å². The van der Waals surface area contributed by atoms with E-state index in [1.54, 1.807) is 24.3 Å². The molecule has 0 bridgehead atoms. The van der Waals surface area contributed by atoms with E-state index in [1.165, 1.54) is 6.92 Å². The molecule has 0 spiro atoms. The van der Waals surface area contributed by atoms with Gasteiger partial charge in [0, 0.05) is 11.3 Å². The fourth-order valence-corrected chi connectivity index (χ4v) is 1.02. The molecular weight excluding hydrogens is 184 g/mol. The van der Waals surface area contributed by atoms with Crippen molar-refractivity contribution >= 4 is 5.69 Å². The van der Waals surface area contributed by atoms with E-state index in [0.29, 0.717) is 11.3 Å². The fourth-order valence-electron chi connectivity index (χ4n) is 1.02. The van der Waals surface area contributed by atoms with Crippen LogP contribution in [0.1, 0.15) is 12.5 Å². The van der Waals surface area contributed by atoms with E-state index in [0.717, 1.165) is 0 Å². The Morgan fingerprint density at radius 3 is 2.71 bits per heavy atom. The average molecular weight is 195 g/mol. The SMILES string of the molecule is C#Cc1cccc(NC(C)C(F)F)c1. The molecule has 0 aromatic heterocycles. The lowest BCUT2D eigenvalue weighted by atomic mass is 10.2. The van der Waals surface area contributed by atoms with Gasteiger partial charge in [-0.2, -0.15) is 0 Å². The highest BCUT2D eigenvalue weighted by atomic mass is 19.3. The van der Waals surface area contributed by atoms with E-state index < -0.39 is 12.5 Å². The average Bonchev–Trinajstić information content (AvgIpc) is 2.18. The summed E-state index contributed by atoms with van der Waals surface area (Å²) in [5.74, 6) is 2.44. The van der Waals surface area contributed by atoms with Crippen molar-refractivity contribution in [1.82, 2.24) is 0 Å². The van der Waals surface area contributed by atoms with Gasteiger partial charge in [-0.15, -0.1) is 6.42 Å². The Balaban J connectivity index is 2.73. The molecule has 0 fully saturated rings. The van der Waals surface area contributed by atoms with E-state index >= 15 is 0 Å². The number of hydrogen-bond donors (Lipinski definition) is 1. The molecule has 14 heavy (non-hydrogen) atoms. The summed E-state index contributed by atoms with van der Waals surface area (Å²) in [6.45, 7) is 1.42. The van der Waals surface area contributed by atoms with Crippen LogP contribution in [0.2, 0.25) is 0 Å². The van der Waals surface area contributed by atoms with Crippen LogP contribution in [0.4, 0.5) is 14.5 Å². The molecule has 0 heterocycles. The summed E-state index contributed by atoms with van der Waals surface area (Å²) < 4.78 is 24.4. The summed E-state index contributed by atoms with van der Waals surface area (Å²) in [6.07, 6.45) is 2.80. The van der Waals surface area contributed by atoms with E-state index in [2.05, 4.69) is 11.2 Å². The van der Waals surface area contributed by atoms with Crippen LogP contribution in [0.3, 0.4) is 0 Å². The van der Waals surface area contributed by atoms with Gasteiger partial charge in [-0.05, 0) is 25.1 Å². The highest BCUT2D eigenvalue weighted by Gasteiger charge is 2.13. The number of halogens is 2. The van der Waals surface area contributed by atoms with Crippen molar-refractivity contribution in [3.63, 3.8) is 0 Å². The zero-order valence-electron chi connectivity index (χ0n) is 7.80. The Bertz CT molecular complexity index is 341. The normalized spacial score (nSPS) is 12.2. The second-order valence-corrected chi connectivity index (χ2v) is 2.99. The lowest BCUT2D eigenvalue weighted by Gasteiger charge is -2.13. The molecule has 1 atom stereocenters. The van der Waals surface area contributed by atoms with Crippen molar-refractivity contribution < 1.29 is 8.78 Å². The van der Waals surface area contributed by atoms with Crippen molar-refractivity contribution in [2.24, 2.45) is 0 Å². The minimum atomic E-state index is -2.38. The summed E-state index contributed by atoms with van der Waals surface area (Å²) in [5, 5.41) is 2.67. The maximum atomic E-state index is 12.2. The van der Waals surface area contributed by atoms with Crippen molar-refractivity contribution in [3.05, 3.63) is 29.8 Å². The summed E-state index contributed by atoms with van der Waals surface area (Å²) in [6, 6.07) is 5.98. The monoisotopic (exact) mass is 195 g/mol. The molecule has 1 unspecified atom stereocenters. The smallest absolute Gasteiger partial charge is 0.258 e. The zero-order valence-corrected chi connectivity index (χ0v) is 7.80. The van der Waals surface area contributed by atoms with Crippen LogP contribution in [0.5, 0.6) is 0 Å². The molecule has 3 heteroatoms. The van der Waals surface area contributed by atoms with Crippen LogP contribution in [-0.4, -0.2) is 12.5 Å². The van der Waals surface area contributed by atoms with Crippen molar-refractivity contribution in [1.29, 1.82) is 0 Å². The molecule has 0 aliphatic rings. The zero-order chi connectivity index (χ0) is 10.6. The van der Waals surface area contributed by atoms with E-state index in [-0.39, 0.29) is 0 Å². The minimum absolute atomic E-state index is 0.619. The number of rotatable bonds is 3. The molecular formula is C11H11F2N. The first kappa shape index (κ1) is 10.5. The number of benzene rings is 1. The number of anilines is 1. The molecule has 0 aliphatic carbocycles. The van der Waals surface area contributed by atoms with Crippen LogP contribution in [0, 0.1) is 12.3 Å². The Hall–Kier alpha value is -1.56. The van der Waals surface area contributed by atoms with Gasteiger partial charge in [0.1, 0.15) is 0 Å². The maximum absolute atomic E-state index is 12.2. The lowest BCUT2D eigenvalue weighted by molar-refractivity contribution is 0.131. The molecule has 1 aromatic rings. The third kappa shape index (κ3) is 2.74. The predicted molar refractivity (Wildman–Crippen MR) is 53.5 cm³/mol. The molecule has 0 saturated heterocycles. The number of alkyl halides is 2. The first-order valence-electron chi connectivity index (χ1n) is 4.25. The van der Waals surface area contributed by atoms with Gasteiger partial charge in [0.2, 0.25) is 0 Å². The number of hydrogen-bond acceptors (Lipinski definition) is 1. The maximum Gasteiger partial charge on any atom is 0.258 e. The van der Waals surface area contributed by atoms with Gasteiger partial charge in [0.15, 0.2) is 0 Å². The summed E-state index contributed by atoms with van der Waals surface area (Å²) in [5.41, 5.74) is 1.30. The summed E-state index contributed by atoms with van der Waals surface area (Å²) in [7, 11) is 0. The number of terminal acetylenes is 1. The van der Waals surface area contributed by atoms with Crippen LogP contribution in [0.15, 0.2) is 24.3 Å². The first-order valence-corrected chi connectivity index (χ1v) is 4.25. The van der Waals surface area contributed by atoms with E-state index in [1.807, 2.05) is 0 Å². The highest BCUT2D eigenvalue weighted by Crippen LogP contribution is 2.13. The molecule has 0 amide bonds. The lowest BCUT2D eigenvalue weighted by Crippen LogP contribution is -2.23. The fraction of sp³-hybridized carbons (Fsp3) is 0.273. The van der Waals surface area contributed by atoms with Gasteiger partial charge in [0.25, 0.3) is 6.43 Å². The largest absolute Gasteiger partial charge is 0.377 e. The van der Waals surface area contributed by atoms with E-state index in [4.69, 9.17) is 6.42 Å². The molecule has 1 rings (SSSR count). The van der Waals surface area contributed by atoms with E-state index in [9.17, 15) is 8.78 Å². The third-order valence-corrected chi connectivity index (χ3v) is 1.80. The van der Waals surface area contributed by atoms with Crippen molar-refractivity contribution in [2.45, 2.75) is 19.4 Å². The van der Waals surface area contributed by atoms with Gasteiger partial charge in [-0.3, -0.25) is 0 Å². The van der Waals surface area contributed by atoms with Crippen LogP contribution in [-0.2, 0) is 0 Å². The summed E-state index contributed by atoms with van der Waals surface area (Å²) >= 11 is 0. The highest BCUT2D eigenvalue weighted by molar-refractivity contribution is 5.50. The minimum Gasteiger partial charge on any atom is -0.377 e. The van der Waals surface area contributed by atoms with Gasteiger partial charge in [0.05, 0.1) is 6.04 Å². The van der Waals surface area contributed by atoms with Crippen molar-refractivity contribution in [2.75, 3.05) is 5.32 Å². The molecule has 0 aliphatic heterocycles. The number of nitrogens with one attached hydrogen (secondary N) is 1. The quantitative estimate of drug-likeness (QED) is 0.731. The molecule has 0 radical (unpaired) electrons. The third-order valence-electron chi connectivity index (χ3n) is 1.80. The molecule has 1 N–H and O–H groups in total. The molecule has 74 valence electrons. The van der Waals surface area contributed by atoms with Crippen LogP contribution in [0.25, 0.3) is 0 Å².